The fourth-order valence-electron chi connectivity index (χ4n) is 1.59. The lowest BCUT2D eigenvalue weighted by Gasteiger charge is -2.16. The van der Waals surface area contributed by atoms with Crippen molar-refractivity contribution in [3.05, 3.63) is 26.6 Å². The smallest absolute Gasteiger partial charge is 0.330 e. The second kappa shape index (κ2) is 7.08. The minimum Gasteiger partial charge on any atom is -0.390 e. The van der Waals surface area contributed by atoms with Crippen molar-refractivity contribution in [1.82, 2.24) is 5.32 Å². The van der Waals surface area contributed by atoms with Crippen LogP contribution in [0.3, 0.4) is 0 Å². The first-order valence-corrected chi connectivity index (χ1v) is 6.52. The molecule has 2 atom stereocenters. The molecule has 0 aromatic carbocycles. The molecule has 0 aliphatic carbocycles. The van der Waals surface area contributed by atoms with Crippen molar-refractivity contribution in [3.63, 3.8) is 0 Å². The number of nitrogens with one attached hydrogen (secondary N) is 1. The molecule has 110 valence electrons. The third kappa shape index (κ3) is 4.08. The quantitative estimate of drug-likeness (QED) is 0.379. The van der Waals surface area contributed by atoms with Gasteiger partial charge in [-0.2, -0.15) is 0 Å². The van der Waals surface area contributed by atoms with E-state index >= 15 is 0 Å². The third-order valence-corrected chi connectivity index (χ3v) is 3.57. The Labute approximate surface area is 118 Å². The zero-order chi connectivity index (χ0) is 15.3. The maximum atomic E-state index is 10.8. The summed E-state index contributed by atoms with van der Waals surface area (Å²) in [4.78, 5) is 31.5. The SMILES string of the molecule is CC(=O)NCCC(O)C(O)c1cc(C=O)sc1[N+](=O)[O-]. The van der Waals surface area contributed by atoms with Gasteiger partial charge in [-0.3, -0.25) is 19.7 Å². The van der Waals surface area contributed by atoms with E-state index in [0.29, 0.717) is 17.6 Å². The molecule has 0 spiro atoms. The number of nitrogens with zero attached hydrogens (tertiary/aromatic N) is 1. The molecule has 0 aliphatic rings. The molecule has 0 bridgehead atoms. The Morgan fingerprint density at radius 3 is 2.75 bits per heavy atom. The average molecular weight is 302 g/mol. The number of rotatable bonds is 7. The predicted molar refractivity (Wildman–Crippen MR) is 70.6 cm³/mol. The van der Waals surface area contributed by atoms with Crippen LogP contribution in [0.5, 0.6) is 0 Å². The summed E-state index contributed by atoms with van der Waals surface area (Å²) in [6, 6.07) is 1.18. The fourth-order valence-corrected chi connectivity index (χ4v) is 2.42. The minimum atomic E-state index is -1.49. The number of aldehydes is 1. The van der Waals surface area contributed by atoms with Gasteiger partial charge in [-0.1, -0.05) is 11.3 Å². The zero-order valence-electron chi connectivity index (χ0n) is 10.6. The molecule has 0 saturated heterocycles. The molecular formula is C11H14N2O6S. The highest BCUT2D eigenvalue weighted by Crippen LogP contribution is 2.35. The van der Waals surface area contributed by atoms with Gasteiger partial charge in [-0.05, 0) is 12.5 Å². The summed E-state index contributed by atoms with van der Waals surface area (Å²) in [7, 11) is 0. The number of carbonyl (C=O) groups excluding carboxylic acids is 2. The Hall–Kier alpha value is -1.84. The van der Waals surface area contributed by atoms with Crippen molar-refractivity contribution in [1.29, 1.82) is 0 Å². The summed E-state index contributed by atoms with van der Waals surface area (Å²) in [5.41, 5.74) is -0.0996. The van der Waals surface area contributed by atoms with E-state index in [1.165, 1.54) is 13.0 Å². The van der Waals surface area contributed by atoms with E-state index in [-0.39, 0.29) is 34.3 Å². The standard InChI is InChI=1S/C11H14N2O6S/c1-6(15)12-3-2-9(16)10(17)8-4-7(5-14)20-11(8)13(18)19/h4-5,9-10,16-17H,2-3H2,1H3,(H,12,15). The summed E-state index contributed by atoms with van der Waals surface area (Å²) in [5, 5.41) is 32.6. The molecule has 8 nitrogen and oxygen atoms in total. The van der Waals surface area contributed by atoms with Gasteiger partial charge in [0.2, 0.25) is 5.91 Å². The lowest BCUT2D eigenvalue weighted by molar-refractivity contribution is -0.381. The molecule has 2 unspecified atom stereocenters. The number of amides is 1. The third-order valence-electron chi connectivity index (χ3n) is 2.54. The molecule has 0 radical (unpaired) electrons. The molecule has 9 heteroatoms. The van der Waals surface area contributed by atoms with E-state index < -0.39 is 17.1 Å². The largest absolute Gasteiger partial charge is 0.390 e. The van der Waals surface area contributed by atoms with Crippen LogP contribution in [0.25, 0.3) is 0 Å². The highest BCUT2D eigenvalue weighted by atomic mass is 32.1. The molecule has 1 heterocycles. The molecule has 1 amide bonds. The van der Waals surface area contributed by atoms with Crippen molar-refractivity contribution in [3.8, 4) is 0 Å². The van der Waals surface area contributed by atoms with E-state index in [1.807, 2.05) is 0 Å². The second-order valence-electron chi connectivity index (χ2n) is 4.07. The number of aliphatic hydroxyl groups excluding tert-OH is 2. The van der Waals surface area contributed by atoms with Crippen LogP contribution in [0.4, 0.5) is 5.00 Å². The van der Waals surface area contributed by atoms with Gasteiger partial charge >= 0.3 is 5.00 Å². The summed E-state index contributed by atoms with van der Waals surface area (Å²) < 4.78 is 0. The van der Waals surface area contributed by atoms with Crippen LogP contribution in [0.2, 0.25) is 0 Å². The first kappa shape index (κ1) is 16.2. The Morgan fingerprint density at radius 2 is 2.25 bits per heavy atom. The number of hydrogen-bond donors (Lipinski definition) is 3. The lowest BCUT2D eigenvalue weighted by atomic mass is 10.0. The van der Waals surface area contributed by atoms with Crippen LogP contribution >= 0.6 is 11.3 Å². The summed E-state index contributed by atoms with van der Waals surface area (Å²) >= 11 is 0.634. The first-order valence-electron chi connectivity index (χ1n) is 5.70. The Balaban J connectivity index is 2.82. The number of hydrogen-bond acceptors (Lipinski definition) is 7. The number of carbonyl (C=O) groups is 2. The summed E-state index contributed by atoms with van der Waals surface area (Å²) in [5.74, 6) is -0.281. The molecule has 0 fully saturated rings. The summed E-state index contributed by atoms with van der Waals surface area (Å²) in [6.45, 7) is 1.44. The van der Waals surface area contributed by atoms with E-state index in [9.17, 15) is 29.9 Å². The molecule has 3 N–H and O–H groups in total. The van der Waals surface area contributed by atoms with E-state index in [0.717, 1.165) is 0 Å². The normalized spacial score (nSPS) is 13.6. The monoisotopic (exact) mass is 302 g/mol. The number of thiophene rings is 1. The minimum absolute atomic E-state index is 0.0319. The van der Waals surface area contributed by atoms with E-state index in [1.54, 1.807) is 0 Å². The molecule has 0 aliphatic heterocycles. The Bertz CT molecular complexity index is 515. The van der Waals surface area contributed by atoms with Gasteiger partial charge in [-0.15, -0.1) is 0 Å². The maximum absolute atomic E-state index is 10.8. The fraction of sp³-hybridized carbons (Fsp3) is 0.455. The number of nitro groups is 1. The van der Waals surface area contributed by atoms with Gasteiger partial charge in [0.15, 0.2) is 6.29 Å². The van der Waals surface area contributed by atoms with Crippen molar-refractivity contribution >= 4 is 28.5 Å². The zero-order valence-corrected chi connectivity index (χ0v) is 11.4. The topological polar surface area (TPSA) is 130 Å². The van der Waals surface area contributed by atoms with Gasteiger partial charge < -0.3 is 15.5 Å². The Morgan fingerprint density at radius 1 is 1.60 bits per heavy atom. The van der Waals surface area contributed by atoms with Crippen molar-refractivity contribution in [2.75, 3.05) is 6.54 Å². The van der Waals surface area contributed by atoms with Gasteiger partial charge in [-0.25, -0.2) is 0 Å². The van der Waals surface area contributed by atoms with Crippen molar-refractivity contribution < 1.29 is 24.7 Å². The number of aliphatic hydroxyl groups is 2. The van der Waals surface area contributed by atoms with Gasteiger partial charge in [0.05, 0.1) is 21.5 Å². The van der Waals surface area contributed by atoms with E-state index in [2.05, 4.69) is 5.32 Å². The molecule has 20 heavy (non-hydrogen) atoms. The van der Waals surface area contributed by atoms with Gasteiger partial charge in [0.1, 0.15) is 6.10 Å². The van der Waals surface area contributed by atoms with Crippen LogP contribution in [0.1, 0.15) is 34.7 Å². The molecule has 1 rings (SSSR count). The predicted octanol–water partition coefficient (Wildman–Crippen LogP) is 0.389. The van der Waals surface area contributed by atoms with Crippen LogP contribution in [-0.4, -0.2) is 40.0 Å². The second-order valence-corrected chi connectivity index (χ2v) is 5.13. The van der Waals surface area contributed by atoms with Gasteiger partial charge in [0, 0.05) is 13.5 Å². The maximum Gasteiger partial charge on any atom is 0.330 e. The highest BCUT2D eigenvalue weighted by Gasteiger charge is 2.29. The van der Waals surface area contributed by atoms with Crippen LogP contribution in [-0.2, 0) is 4.79 Å². The van der Waals surface area contributed by atoms with Crippen LogP contribution in [0, 0.1) is 10.1 Å². The average Bonchev–Trinajstić information content (AvgIpc) is 2.81. The Kier molecular flexibility index (Phi) is 5.74. The molecular weight excluding hydrogens is 288 g/mol. The molecule has 0 saturated carbocycles. The van der Waals surface area contributed by atoms with Crippen LogP contribution < -0.4 is 5.32 Å². The van der Waals surface area contributed by atoms with Crippen LogP contribution in [0.15, 0.2) is 6.07 Å². The highest BCUT2D eigenvalue weighted by molar-refractivity contribution is 7.17. The van der Waals surface area contributed by atoms with Crippen molar-refractivity contribution in [2.24, 2.45) is 0 Å². The van der Waals surface area contributed by atoms with Gasteiger partial charge in [0.25, 0.3) is 0 Å². The molecule has 1 aromatic rings. The molecule has 1 aromatic heterocycles. The first-order chi connectivity index (χ1) is 9.36. The summed E-state index contributed by atoms with van der Waals surface area (Å²) in [6.07, 6.45) is -2.30. The lowest BCUT2D eigenvalue weighted by Crippen LogP contribution is -2.27. The van der Waals surface area contributed by atoms with Crippen molar-refractivity contribution in [2.45, 2.75) is 25.6 Å². The van der Waals surface area contributed by atoms with E-state index in [4.69, 9.17) is 0 Å².